The summed E-state index contributed by atoms with van der Waals surface area (Å²) in [6, 6.07) is 0. The Morgan fingerprint density at radius 3 is 2.31 bits per heavy atom. The standard InChI is InChI=1S/C7H11NO7S/c1-2-3-7(8,4-5(9)10)6(11)15-16(12,13)14/h2H,1,3-4,8H2,(H,9,10)(H,12,13,14). The minimum absolute atomic E-state index is 0.312. The highest BCUT2D eigenvalue weighted by Crippen LogP contribution is 2.16. The molecule has 1 unspecified atom stereocenters. The summed E-state index contributed by atoms with van der Waals surface area (Å²) in [5, 5.41) is 8.49. The van der Waals surface area contributed by atoms with E-state index in [0.29, 0.717) is 0 Å². The van der Waals surface area contributed by atoms with Crippen LogP contribution < -0.4 is 5.73 Å². The summed E-state index contributed by atoms with van der Waals surface area (Å²) in [6.07, 6.45) is -0.0325. The van der Waals surface area contributed by atoms with Gasteiger partial charge in [-0.15, -0.1) is 6.58 Å². The van der Waals surface area contributed by atoms with E-state index in [2.05, 4.69) is 10.8 Å². The van der Waals surface area contributed by atoms with Gasteiger partial charge in [0.2, 0.25) is 0 Å². The van der Waals surface area contributed by atoms with Gasteiger partial charge in [0.1, 0.15) is 5.54 Å². The molecule has 0 rings (SSSR count). The topological polar surface area (TPSA) is 144 Å². The van der Waals surface area contributed by atoms with E-state index in [4.69, 9.17) is 15.4 Å². The van der Waals surface area contributed by atoms with Crippen LogP contribution in [0.3, 0.4) is 0 Å². The number of carboxylic acids is 1. The van der Waals surface area contributed by atoms with Gasteiger partial charge in [-0.3, -0.25) is 9.35 Å². The molecule has 0 heterocycles. The normalized spacial score (nSPS) is 14.9. The van der Waals surface area contributed by atoms with Crippen molar-refractivity contribution in [2.24, 2.45) is 5.73 Å². The van der Waals surface area contributed by atoms with Crippen molar-refractivity contribution >= 4 is 22.3 Å². The van der Waals surface area contributed by atoms with E-state index in [1.807, 2.05) is 0 Å². The smallest absolute Gasteiger partial charge is 0.449 e. The molecule has 0 saturated heterocycles. The van der Waals surface area contributed by atoms with Crippen molar-refractivity contribution < 1.29 is 31.8 Å². The van der Waals surface area contributed by atoms with Crippen LogP contribution in [0.4, 0.5) is 0 Å². The van der Waals surface area contributed by atoms with E-state index >= 15 is 0 Å². The number of hydrogen-bond donors (Lipinski definition) is 3. The minimum Gasteiger partial charge on any atom is -0.481 e. The van der Waals surface area contributed by atoms with Gasteiger partial charge >= 0.3 is 22.3 Å². The van der Waals surface area contributed by atoms with Crippen LogP contribution in [0.2, 0.25) is 0 Å². The van der Waals surface area contributed by atoms with Crippen LogP contribution in [0.1, 0.15) is 12.8 Å². The molecule has 0 radical (unpaired) electrons. The maximum absolute atomic E-state index is 11.2. The van der Waals surface area contributed by atoms with Crippen molar-refractivity contribution in [3.63, 3.8) is 0 Å². The Kier molecular flexibility index (Phi) is 4.60. The molecule has 0 saturated carbocycles. The second-order valence-corrected chi connectivity index (χ2v) is 4.04. The van der Waals surface area contributed by atoms with Gasteiger partial charge in [-0.05, 0) is 6.42 Å². The van der Waals surface area contributed by atoms with Crippen LogP contribution in [0.25, 0.3) is 0 Å². The largest absolute Gasteiger partial charge is 0.481 e. The van der Waals surface area contributed by atoms with Crippen LogP contribution >= 0.6 is 0 Å². The number of rotatable bonds is 6. The fraction of sp³-hybridized carbons (Fsp3) is 0.429. The highest BCUT2D eigenvalue weighted by molar-refractivity contribution is 7.81. The molecule has 0 amide bonds. The average Bonchev–Trinajstić information content (AvgIpc) is 1.99. The number of hydrogen-bond acceptors (Lipinski definition) is 6. The lowest BCUT2D eigenvalue weighted by molar-refractivity contribution is -0.147. The van der Waals surface area contributed by atoms with Gasteiger partial charge in [0.15, 0.2) is 0 Å². The van der Waals surface area contributed by atoms with Gasteiger partial charge in [0.05, 0.1) is 6.42 Å². The molecule has 0 aromatic carbocycles. The molecule has 0 aromatic heterocycles. The third-order valence-electron chi connectivity index (χ3n) is 1.56. The summed E-state index contributed by atoms with van der Waals surface area (Å²) in [5.41, 5.74) is 3.28. The number of carbonyl (C=O) groups excluding carboxylic acids is 1. The highest BCUT2D eigenvalue weighted by Gasteiger charge is 2.39. The van der Waals surface area contributed by atoms with Crippen LogP contribution in [-0.4, -0.2) is 35.6 Å². The third kappa shape index (κ3) is 4.87. The molecule has 9 heteroatoms. The second kappa shape index (κ2) is 5.05. The maximum atomic E-state index is 11.2. The molecule has 0 fully saturated rings. The summed E-state index contributed by atoms with van der Waals surface area (Å²) >= 11 is 0. The van der Waals surface area contributed by atoms with Crippen LogP contribution in [-0.2, 0) is 24.2 Å². The molecular weight excluding hydrogens is 242 g/mol. The van der Waals surface area contributed by atoms with Crippen LogP contribution in [0, 0.1) is 0 Å². The van der Waals surface area contributed by atoms with E-state index in [0.717, 1.165) is 6.08 Å². The third-order valence-corrected chi connectivity index (χ3v) is 1.92. The van der Waals surface area contributed by atoms with E-state index in [1.54, 1.807) is 0 Å². The number of nitrogens with two attached hydrogens (primary N) is 1. The van der Waals surface area contributed by atoms with E-state index in [9.17, 15) is 18.0 Å². The Hall–Kier alpha value is -1.45. The zero-order chi connectivity index (χ0) is 13.0. The van der Waals surface area contributed by atoms with Gasteiger partial charge in [-0.2, -0.15) is 8.42 Å². The summed E-state index contributed by atoms with van der Waals surface area (Å²) in [4.78, 5) is 21.6. The van der Waals surface area contributed by atoms with Gasteiger partial charge < -0.3 is 15.0 Å². The SMILES string of the molecule is C=CCC(N)(CC(=O)O)C(=O)OS(=O)(=O)O. The van der Waals surface area contributed by atoms with E-state index in [-0.39, 0.29) is 6.42 Å². The van der Waals surface area contributed by atoms with Crippen LogP contribution in [0.15, 0.2) is 12.7 Å². The molecule has 0 aliphatic rings. The number of aliphatic carboxylic acids is 1. The van der Waals surface area contributed by atoms with Crippen molar-refractivity contribution in [2.75, 3.05) is 0 Å². The minimum atomic E-state index is -5.02. The lowest BCUT2D eigenvalue weighted by atomic mass is 9.93. The Bertz CT molecular complexity index is 401. The first-order chi connectivity index (χ1) is 7.10. The van der Waals surface area contributed by atoms with Crippen molar-refractivity contribution in [1.82, 2.24) is 0 Å². The van der Waals surface area contributed by atoms with Crippen molar-refractivity contribution in [2.45, 2.75) is 18.4 Å². The van der Waals surface area contributed by atoms with Gasteiger partial charge in [0, 0.05) is 0 Å². The number of carbonyl (C=O) groups is 2. The molecule has 0 spiro atoms. The molecule has 0 bridgehead atoms. The fourth-order valence-electron chi connectivity index (χ4n) is 0.934. The first-order valence-corrected chi connectivity index (χ1v) is 5.30. The first kappa shape index (κ1) is 14.6. The average molecular weight is 253 g/mol. The maximum Gasteiger partial charge on any atom is 0.449 e. The van der Waals surface area contributed by atoms with Gasteiger partial charge in [0.25, 0.3) is 0 Å². The van der Waals surface area contributed by atoms with E-state index < -0.39 is 34.3 Å². The monoisotopic (exact) mass is 253 g/mol. The lowest BCUT2D eigenvalue weighted by Crippen LogP contribution is -2.50. The molecule has 0 aliphatic carbocycles. The zero-order valence-electron chi connectivity index (χ0n) is 8.12. The molecule has 8 nitrogen and oxygen atoms in total. The predicted octanol–water partition coefficient (Wildman–Crippen LogP) is -0.919. The molecule has 0 aromatic rings. The fourth-order valence-corrected chi connectivity index (χ4v) is 1.29. The summed E-state index contributed by atoms with van der Waals surface area (Å²) in [7, 11) is -5.02. The molecule has 4 N–H and O–H groups in total. The number of carboxylic acid groups (broad SMARTS) is 1. The van der Waals surface area contributed by atoms with Gasteiger partial charge in [-0.1, -0.05) is 6.08 Å². The Morgan fingerprint density at radius 1 is 1.50 bits per heavy atom. The van der Waals surface area contributed by atoms with Crippen LogP contribution in [0.5, 0.6) is 0 Å². The molecule has 92 valence electrons. The van der Waals surface area contributed by atoms with Gasteiger partial charge in [-0.25, -0.2) is 4.79 Å². The Balaban J connectivity index is 4.96. The summed E-state index contributed by atoms with van der Waals surface area (Å²) in [5.74, 6) is -2.98. The Labute approximate surface area is 91.6 Å². The van der Waals surface area contributed by atoms with Crippen molar-refractivity contribution in [1.29, 1.82) is 0 Å². The van der Waals surface area contributed by atoms with Crippen molar-refractivity contribution in [3.8, 4) is 0 Å². The van der Waals surface area contributed by atoms with Crippen molar-refractivity contribution in [3.05, 3.63) is 12.7 Å². The quantitative estimate of drug-likeness (QED) is 0.407. The van der Waals surface area contributed by atoms with E-state index in [1.165, 1.54) is 0 Å². The second-order valence-electron chi connectivity index (χ2n) is 3.02. The summed E-state index contributed by atoms with van der Waals surface area (Å²) in [6.45, 7) is 3.24. The molecule has 0 aliphatic heterocycles. The first-order valence-electron chi connectivity index (χ1n) is 3.93. The molecular formula is C7H11NO7S. The Morgan fingerprint density at radius 2 is 2.00 bits per heavy atom. The zero-order valence-corrected chi connectivity index (χ0v) is 8.94. The highest BCUT2D eigenvalue weighted by atomic mass is 32.3. The lowest BCUT2D eigenvalue weighted by Gasteiger charge is -2.22. The molecule has 16 heavy (non-hydrogen) atoms. The predicted molar refractivity (Wildman–Crippen MR) is 51.6 cm³/mol. The summed E-state index contributed by atoms with van der Waals surface area (Å²) < 4.78 is 32.4. The molecule has 1 atom stereocenters.